The van der Waals surface area contributed by atoms with E-state index in [1.54, 1.807) is 18.2 Å². The Hall–Kier alpha value is -3.62. The van der Waals surface area contributed by atoms with Gasteiger partial charge in [-0.3, -0.25) is 4.79 Å². The second-order valence-corrected chi connectivity index (χ2v) is 5.76. The molecule has 146 valence electrons. The predicted octanol–water partition coefficient (Wildman–Crippen LogP) is 2.61. The lowest BCUT2D eigenvalue weighted by Gasteiger charge is -2.14. The summed E-state index contributed by atoms with van der Waals surface area (Å²) in [5.74, 6) is 0.499. The molecular formula is C19H19FN4O4. The van der Waals surface area contributed by atoms with Gasteiger partial charge in [-0.1, -0.05) is 0 Å². The second-order valence-electron chi connectivity index (χ2n) is 5.76. The van der Waals surface area contributed by atoms with E-state index in [9.17, 15) is 9.18 Å². The summed E-state index contributed by atoms with van der Waals surface area (Å²) in [6.07, 6.45) is 2.75. The summed E-state index contributed by atoms with van der Waals surface area (Å²) in [5, 5.41) is 6.55. The van der Waals surface area contributed by atoms with E-state index in [1.165, 1.54) is 50.8 Å². The quantitative estimate of drug-likeness (QED) is 0.672. The number of carbonyl (C=O) groups excluding carboxylic acids is 1. The summed E-state index contributed by atoms with van der Waals surface area (Å²) in [6, 6.07) is 7.71. The molecule has 0 bridgehead atoms. The highest BCUT2D eigenvalue weighted by Crippen LogP contribution is 2.38. The molecule has 2 aromatic carbocycles. The fourth-order valence-corrected chi connectivity index (χ4v) is 2.73. The van der Waals surface area contributed by atoms with Crippen LogP contribution in [0, 0.1) is 5.82 Å². The van der Waals surface area contributed by atoms with Gasteiger partial charge >= 0.3 is 0 Å². The molecule has 1 aromatic heterocycles. The van der Waals surface area contributed by atoms with Crippen molar-refractivity contribution in [2.45, 2.75) is 6.42 Å². The number of nitrogens with one attached hydrogen (secondary N) is 1. The number of carbonyl (C=O) groups is 1. The molecule has 0 spiro atoms. The van der Waals surface area contributed by atoms with Crippen LogP contribution in [-0.4, -0.2) is 42.0 Å². The molecule has 0 radical (unpaired) electrons. The fourth-order valence-electron chi connectivity index (χ4n) is 2.73. The smallest absolute Gasteiger partial charge is 0.228 e. The second kappa shape index (κ2) is 8.38. The van der Waals surface area contributed by atoms with Crippen LogP contribution in [0.2, 0.25) is 0 Å². The van der Waals surface area contributed by atoms with Crippen molar-refractivity contribution in [1.82, 2.24) is 14.8 Å². The number of ether oxygens (including phenoxy) is 3. The van der Waals surface area contributed by atoms with Crippen molar-refractivity contribution in [3.05, 3.63) is 54.4 Å². The topological polar surface area (TPSA) is 87.5 Å². The van der Waals surface area contributed by atoms with Gasteiger partial charge in [-0.25, -0.2) is 14.1 Å². The third-order valence-corrected chi connectivity index (χ3v) is 3.99. The van der Waals surface area contributed by atoms with E-state index in [4.69, 9.17) is 14.2 Å². The number of amides is 1. The summed E-state index contributed by atoms with van der Waals surface area (Å²) in [5.41, 5.74) is 1.23. The molecule has 1 amide bonds. The first kappa shape index (κ1) is 19.2. The van der Waals surface area contributed by atoms with E-state index in [1.807, 2.05) is 0 Å². The molecule has 0 atom stereocenters. The third-order valence-electron chi connectivity index (χ3n) is 3.99. The van der Waals surface area contributed by atoms with Crippen molar-refractivity contribution in [2.75, 3.05) is 26.6 Å². The van der Waals surface area contributed by atoms with Crippen LogP contribution in [-0.2, 0) is 11.2 Å². The van der Waals surface area contributed by atoms with Crippen LogP contribution >= 0.6 is 0 Å². The Morgan fingerprint density at radius 3 is 2.36 bits per heavy atom. The molecule has 0 unspecified atom stereocenters. The first-order chi connectivity index (χ1) is 13.5. The van der Waals surface area contributed by atoms with Gasteiger partial charge in [0.1, 0.15) is 18.3 Å². The summed E-state index contributed by atoms with van der Waals surface area (Å²) < 4.78 is 31.4. The highest BCUT2D eigenvalue weighted by molar-refractivity contribution is 5.92. The molecule has 0 saturated heterocycles. The standard InChI is InChI=1S/C19H19FN4O4/c1-26-16-6-12(7-17(27-2)19(16)28-3)8-18(25)23-13-4-5-15(14(20)9-13)24-11-21-10-22-24/h4-7,9-11H,8H2,1-3H3,(H,23,25). The van der Waals surface area contributed by atoms with Gasteiger partial charge in [0.25, 0.3) is 0 Å². The lowest BCUT2D eigenvalue weighted by Crippen LogP contribution is -2.15. The number of anilines is 1. The van der Waals surface area contributed by atoms with Crippen LogP contribution in [0.5, 0.6) is 17.2 Å². The summed E-state index contributed by atoms with van der Waals surface area (Å²) in [6.45, 7) is 0. The van der Waals surface area contributed by atoms with Crippen molar-refractivity contribution in [3.63, 3.8) is 0 Å². The number of halogens is 1. The normalized spacial score (nSPS) is 10.4. The molecule has 0 aliphatic heterocycles. The van der Waals surface area contributed by atoms with Gasteiger partial charge in [-0.15, -0.1) is 0 Å². The van der Waals surface area contributed by atoms with Crippen molar-refractivity contribution >= 4 is 11.6 Å². The summed E-state index contributed by atoms with van der Waals surface area (Å²) >= 11 is 0. The number of rotatable bonds is 7. The fraction of sp³-hybridized carbons (Fsp3) is 0.211. The van der Waals surface area contributed by atoms with Gasteiger partial charge < -0.3 is 19.5 Å². The van der Waals surface area contributed by atoms with Crippen LogP contribution < -0.4 is 19.5 Å². The average molecular weight is 386 g/mol. The van der Waals surface area contributed by atoms with E-state index >= 15 is 0 Å². The van der Waals surface area contributed by atoms with Crippen LogP contribution in [0.4, 0.5) is 10.1 Å². The molecular weight excluding hydrogens is 367 g/mol. The minimum Gasteiger partial charge on any atom is -0.493 e. The number of benzene rings is 2. The Bertz CT molecular complexity index is 951. The molecule has 0 saturated carbocycles. The van der Waals surface area contributed by atoms with Crippen LogP contribution in [0.15, 0.2) is 43.0 Å². The van der Waals surface area contributed by atoms with Gasteiger partial charge in [-0.2, -0.15) is 5.10 Å². The minimum absolute atomic E-state index is 0.0448. The first-order valence-electron chi connectivity index (χ1n) is 8.29. The Labute approximate surface area is 160 Å². The van der Waals surface area contributed by atoms with Gasteiger partial charge in [0.05, 0.1) is 27.8 Å². The molecule has 8 nitrogen and oxygen atoms in total. The van der Waals surface area contributed by atoms with E-state index in [2.05, 4.69) is 15.4 Å². The van der Waals surface area contributed by atoms with E-state index in [-0.39, 0.29) is 18.0 Å². The summed E-state index contributed by atoms with van der Waals surface area (Å²) in [4.78, 5) is 16.2. The lowest BCUT2D eigenvalue weighted by molar-refractivity contribution is -0.115. The maximum absolute atomic E-state index is 14.3. The van der Waals surface area contributed by atoms with Crippen LogP contribution in [0.3, 0.4) is 0 Å². The van der Waals surface area contributed by atoms with Gasteiger partial charge in [0.2, 0.25) is 11.7 Å². The van der Waals surface area contributed by atoms with Gasteiger partial charge in [-0.05, 0) is 35.9 Å². The summed E-state index contributed by atoms with van der Waals surface area (Å²) in [7, 11) is 4.51. The van der Waals surface area contributed by atoms with Gasteiger partial charge in [0.15, 0.2) is 17.3 Å². The highest BCUT2D eigenvalue weighted by atomic mass is 19.1. The van der Waals surface area contributed by atoms with Crippen molar-refractivity contribution in [3.8, 4) is 22.9 Å². The molecule has 0 aliphatic rings. The molecule has 3 rings (SSSR count). The Morgan fingerprint density at radius 1 is 1.11 bits per heavy atom. The number of hydrogen-bond acceptors (Lipinski definition) is 6. The maximum atomic E-state index is 14.3. The van der Waals surface area contributed by atoms with Crippen molar-refractivity contribution in [1.29, 1.82) is 0 Å². The zero-order valence-corrected chi connectivity index (χ0v) is 15.6. The largest absolute Gasteiger partial charge is 0.493 e. The molecule has 1 heterocycles. The zero-order valence-electron chi connectivity index (χ0n) is 15.6. The number of methoxy groups -OCH3 is 3. The minimum atomic E-state index is -0.531. The Kier molecular flexibility index (Phi) is 5.73. The van der Waals surface area contributed by atoms with E-state index in [0.29, 0.717) is 28.5 Å². The Morgan fingerprint density at radius 2 is 1.82 bits per heavy atom. The monoisotopic (exact) mass is 386 g/mol. The van der Waals surface area contributed by atoms with Crippen LogP contribution in [0.25, 0.3) is 5.69 Å². The molecule has 3 aromatic rings. The number of nitrogens with zero attached hydrogens (tertiary/aromatic N) is 3. The zero-order chi connectivity index (χ0) is 20.1. The third kappa shape index (κ3) is 4.03. The van der Waals surface area contributed by atoms with Crippen molar-refractivity contribution < 1.29 is 23.4 Å². The predicted molar refractivity (Wildman–Crippen MR) is 99.7 cm³/mol. The van der Waals surface area contributed by atoms with E-state index in [0.717, 1.165) is 0 Å². The SMILES string of the molecule is COc1cc(CC(=O)Nc2ccc(-n3cncn3)c(F)c2)cc(OC)c1OC. The molecule has 0 aliphatic carbocycles. The number of aromatic nitrogens is 3. The lowest BCUT2D eigenvalue weighted by atomic mass is 10.1. The average Bonchev–Trinajstić information content (AvgIpc) is 3.21. The number of hydrogen-bond donors (Lipinski definition) is 1. The van der Waals surface area contributed by atoms with Crippen LogP contribution in [0.1, 0.15) is 5.56 Å². The molecule has 28 heavy (non-hydrogen) atoms. The van der Waals surface area contributed by atoms with Crippen molar-refractivity contribution in [2.24, 2.45) is 0 Å². The first-order valence-corrected chi connectivity index (χ1v) is 8.29. The maximum Gasteiger partial charge on any atom is 0.228 e. The Balaban J connectivity index is 1.75. The molecule has 1 N–H and O–H groups in total. The highest BCUT2D eigenvalue weighted by Gasteiger charge is 2.15. The molecule has 9 heteroatoms. The van der Waals surface area contributed by atoms with E-state index < -0.39 is 5.82 Å². The molecule has 0 fully saturated rings. The van der Waals surface area contributed by atoms with Gasteiger partial charge in [0, 0.05) is 5.69 Å².